The van der Waals surface area contributed by atoms with Crippen LogP contribution in [0.2, 0.25) is 0 Å². The zero-order valence-electron chi connectivity index (χ0n) is 11.1. The van der Waals surface area contributed by atoms with Crippen molar-refractivity contribution in [3.63, 3.8) is 0 Å². The lowest BCUT2D eigenvalue weighted by Gasteiger charge is -2.31. The van der Waals surface area contributed by atoms with Gasteiger partial charge in [0.1, 0.15) is 0 Å². The van der Waals surface area contributed by atoms with E-state index in [1.807, 2.05) is 0 Å². The zero-order valence-corrected chi connectivity index (χ0v) is 11.1. The maximum atomic E-state index is 5.73. The van der Waals surface area contributed by atoms with Crippen LogP contribution < -0.4 is 5.73 Å². The van der Waals surface area contributed by atoms with Gasteiger partial charge in [-0.15, -0.1) is 0 Å². The van der Waals surface area contributed by atoms with E-state index in [2.05, 4.69) is 39.5 Å². The second kappa shape index (κ2) is 4.84. The van der Waals surface area contributed by atoms with E-state index in [0.29, 0.717) is 17.4 Å². The molecule has 0 spiro atoms. The molecule has 0 aliphatic carbocycles. The SMILES string of the molecule is CC(CN)C(C)N1CCC(C(C)(C)C)C1. The zero-order chi connectivity index (χ0) is 11.6. The highest BCUT2D eigenvalue weighted by Crippen LogP contribution is 2.34. The largest absolute Gasteiger partial charge is 0.330 e. The minimum Gasteiger partial charge on any atom is -0.330 e. The Labute approximate surface area is 95.2 Å². The molecule has 0 bridgehead atoms. The van der Waals surface area contributed by atoms with E-state index in [1.54, 1.807) is 0 Å². The van der Waals surface area contributed by atoms with Crippen molar-refractivity contribution in [1.82, 2.24) is 4.90 Å². The first-order chi connectivity index (χ1) is 6.86. The number of likely N-dealkylation sites (tertiary alicyclic amines) is 1. The molecule has 1 heterocycles. The summed E-state index contributed by atoms with van der Waals surface area (Å²) in [6, 6.07) is 0.641. The predicted molar refractivity (Wildman–Crippen MR) is 66.8 cm³/mol. The van der Waals surface area contributed by atoms with Gasteiger partial charge in [0.2, 0.25) is 0 Å². The summed E-state index contributed by atoms with van der Waals surface area (Å²) in [4.78, 5) is 2.62. The van der Waals surface area contributed by atoms with Crippen molar-refractivity contribution in [2.24, 2.45) is 23.0 Å². The van der Waals surface area contributed by atoms with Crippen LogP contribution in [0.4, 0.5) is 0 Å². The molecule has 1 aliphatic heterocycles. The fraction of sp³-hybridized carbons (Fsp3) is 1.00. The highest BCUT2D eigenvalue weighted by Gasteiger charge is 2.34. The Morgan fingerprint density at radius 2 is 1.93 bits per heavy atom. The summed E-state index contributed by atoms with van der Waals surface area (Å²) in [5.41, 5.74) is 6.19. The molecule has 0 aromatic carbocycles. The van der Waals surface area contributed by atoms with Gasteiger partial charge in [-0.1, -0.05) is 27.7 Å². The van der Waals surface area contributed by atoms with E-state index < -0.39 is 0 Å². The fourth-order valence-electron chi connectivity index (χ4n) is 2.42. The van der Waals surface area contributed by atoms with Gasteiger partial charge in [-0.25, -0.2) is 0 Å². The first kappa shape index (κ1) is 13.0. The van der Waals surface area contributed by atoms with E-state index in [4.69, 9.17) is 5.73 Å². The Morgan fingerprint density at radius 3 is 2.33 bits per heavy atom. The Balaban J connectivity index is 2.49. The fourth-order valence-corrected chi connectivity index (χ4v) is 2.42. The van der Waals surface area contributed by atoms with Crippen molar-refractivity contribution in [1.29, 1.82) is 0 Å². The van der Waals surface area contributed by atoms with Crippen LogP contribution in [0.25, 0.3) is 0 Å². The van der Waals surface area contributed by atoms with Crippen molar-refractivity contribution < 1.29 is 0 Å². The van der Waals surface area contributed by atoms with Crippen LogP contribution in [0.15, 0.2) is 0 Å². The Hall–Kier alpha value is -0.0800. The normalized spacial score (nSPS) is 28.0. The van der Waals surface area contributed by atoms with Crippen LogP contribution >= 0.6 is 0 Å². The molecule has 90 valence electrons. The van der Waals surface area contributed by atoms with Crippen LogP contribution in [-0.4, -0.2) is 30.6 Å². The molecule has 0 saturated carbocycles. The van der Waals surface area contributed by atoms with Gasteiger partial charge in [0.25, 0.3) is 0 Å². The molecule has 0 aromatic rings. The average molecular weight is 212 g/mol. The molecule has 2 N–H and O–H groups in total. The molecule has 3 atom stereocenters. The average Bonchev–Trinajstić information content (AvgIpc) is 2.63. The van der Waals surface area contributed by atoms with Crippen LogP contribution in [0.1, 0.15) is 41.0 Å². The lowest BCUT2D eigenvalue weighted by molar-refractivity contribution is 0.170. The predicted octanol–water partition coefficient (Wildman–Crippen LogP) is 2.34. The highest BCUT2D eigenvalue weighted by atomic mass is 15.2. The quantitative estimate of drug-likeness (QED) is 0.778. The van der Waals surface area contributed by atoms with Gasteiger partial charge in [0.05, 0.1) is 0 Å². The molecule has 3 unspecified atom stereocenters. The van der Waals surface area contributed by atoms with E-state index >= 15 is 0 Å². The molecule has 2 heteroatoms. The van der Waals surface area contributed by atoms with E-state index in [9.17, 15) is 0 Å². The van der Waals surface area contributed by atoms with Gasteiger partial charge in [-0.3, -0.25) is 0 Å². The number of hydrogen-bond donors (Lipinski definition) is 1. The number of hydrogen-bond acceptors (Lipinski definition) is 2. The second-order valence-electron chi connectivity index (χ2n) is 6.30. The Bertz CT molecular complexity index is 195. The smallest absolute Gasteiger partial charge is 0.0105 e. The molecule has 0 aromatic heterocycles. The van der Waals surface area contributed by atoms with Crippen molar-refractivity contribution in [3.05, 3.63) is 0 Å². The molecule has 1 fully saturated rings. The van der Waals surface area contributed by atoms with Crippen molar-refractivity contribution >= 4 is 0 Å². The molecule has 1 rings (SSSR count). The summed E-state index contributed by atoms with van der Waals surface area (Å²) < 4.78 is 0. The molecule has 2 nitrogen and oxygen atoms in total. The lowest BCUT2D eigenvalue weighted by atomic mass is 9.80. The van der Waals surface area contributed by atoms with Gasteiger partial charge in [0.15, 0.2) is 0 Å². The number of nitrogens with two attached hydrogens (primary N) is 1. The van der Waals surface area contributed by atoms with Crippen LogP contribution in [-0.2, 0) is 0 Å². The Morgan fingerprint density at radius 1 is 1.33 bits per heavy atom. The summed E-state index contributed by atoms with van der Waals surface area (Å²) >= 11 is 0. The highest BCUT2D eigenvalue weighted by molar-refractivity contribution is 4.87. The van der Waals surface area contributed by atoms with Gasteiger partial charge in [-0.05, 0) is 43.7 Å². The summed E-state index contributed by atoms with van der Waals surface area (Å²) in [6.07, 6.45) is 1.35. The van der Waals surface area contributed by atoms with Gasteiger partial charge < -0.3 is 10.6 Å². The van der Waals surface area contributed by atoms with Gasteiger partial charge >= 0.3 is 0 Å². The Kier molecular flexibility index (Phi) is 4.19. The van der Waals surface area contributed by atoms with E-state index in [-0.39, 0.29) is 0 Å². The minimum atomic E-state index is 0.459. The van der Waals surface area contributed by atoms with E-state index in [0.717, 1.165) is 12.5 Å². The van der Waals surface area contributed by atoms with Crippen LogP contribution in [0.3, 0.4) is 0 Å². The molecular formula is C13H28N2. The molecular weight excluding hydrogens is 184 g/mol. The third-order valence-electron chi connectivity index (χ3n) is 4.22. The number of nitrogens with zero attached hydrogens (tertiary/aromatic N) is 1. The standard InChI is InChI=1S/C13H28N2/c1-10(8-14)11(2)15-7-6-12(9-15)13(3,4)5/h10-12H,6-9,14H2,1-5H3. The number of rotatable bonds is 3. The first-order valence-corrected chi connectivity index (χ1v) is 6.30. The second-order valence-corrected chi connectivity index (χ2v) is 6.30. The molecule has 15 heavy (non-hydrogen) atoms. The summed E-state index contributed by atoms with van der Waals surface area (Å²) in [5.74, 6) is 1.47. The van der Waals surface area contributed by atoms with Gasteiger partial charge in [-0.2, -0.15) is 0 Å². The van der Waals surface area contributed by atoms with Crippen molar-refractivity contribution in [3.8, 4) is 0 Å². The van der Waals surface area contributed by atoms with Gasteiger partial charge in [0, 0.05) is 12.6 Å². The monoisotopic (exact) mass is 212 g/mol. The molecule has 0 radical (unpaired) electrons. The lowest BCUT2D eigenvalue weighted by Crippen LogP contribution is -2.39. The summed E-state index contributed by atoms with van der Waals surface area (Å²) in [6.45, 7) is 15.0. The maximum absolute atomic E-state index is 5.73. The summed E-state index contributed by atoms with van der Waals surface area (Å²) in [7, 11) is 0. The van der Waals surface area contributed by atoms with Crippen LogP contribution in [0.5, 0.6) is 0 Å². The maximum Gasteiger partial charge on any atom is 0.0105 e. The first-order valence-electron chi connectivity index (χ1n) is 6.30. The van der Waals surface area contributed by atoms with Crippen LogP contribution in [0, 0.1) is 17.3 Å². The third-order valence-corrected chi connectivity index (χ3v) is 4.22. The molecule has 0 amide bonds. The van der Waals surface area contributed by atoms with E-state index in [1.165, 1.54) is 19.5 Å². The third kappa shape index (κ3) is 3.18. The topological polar surface area (TPSA) is 29.3 Å². The minimum absolute atomic E-state index is 0.459. The van der Waals surface area contributed by atoms with Crippen molar-refractivity contribution in [2.75, 3.05) is 19.6 Å². The van der Waals surface area contributed by atoms with Crippen molar-refractivity contribution in [2.45, 2.75) is 47.1 Å². The summed E-state index contributed by atoms with van der Waals surface area (Å²) in [5, 5.41) is 0. The molecule has 1 saturated heterocycles. The molecule has 1 aliphatic rings.